The number of likely N-dealkylation sites (tertiary alicyclic amines) is 1. The summed E-state index contributed by atoms with van der Waals surface area (Å²) in [6.07, 6.45) is -1.10. The van der Waals surface area contributed by atoms with E-state index in [4.69, 9.17) is 16.0 Å². The van der Waals surface area contributed by atoms with Crippen molar-refractivity contribution in [2.24, 2.45) is 11.7 Å². The van der Waals surface area contributed by atoms with Crippen molar-refractivity contribution < 1.29 is 15.0 Å². The standard InChI is InChI=1S/C28H30N2O2/c29-27(31)28(23-7-3-1-4-8-23,24-9-5-2-6-10-24)25-14-17-30(20-25)16-13-21-11-12-26-22(19-21)15-18-32-26/h1-12,19,25H,13-18,20H2,(H2,29,31)/t25-/m1/s1/i13D2,16D2. The number of carbonyl (C=O) groups excluding carboxylic acids is 1. The van der Waals surface area contributed by atoms with Crippen LogP contribution in [0.3, 0.4) is 0 Å². The van der Waals surface area contributed by atoms with Gasteiger partial charge in [-0.3, -0.25) is 4.79 Å². The second-order valence-electron chi connectivity index (χ2n) is 8.49. The molecular formula is C28H30N2O2. The molecule has 1 saturated heterocycles. The van der Waals surface area contributed by atoms with Gasteiger partial charge in [0.2, 0.25) is 5.91 Å². The van der Waals surface area contributed by atoms with E-state index >= 15 is 0 Å². The Morgan fingerprint density at radius 1 is 1.06 bits per heavy atom. The second-order valence-corrected chi connectivity index (χ2v) is 8.49. The summed E-state index contributed by atoms with van der Waals surface area (Å²) in [6.45, 7) is -1.27. The van der Waals surface area contributed by atoms with Crippen LogP contribution in [0.4, 0.5) is 0 Å². The zero-order valence-corrected chi connectivity index (χ0v) is 18.0. The molecule has 0 bridgehead atoms. The third kappa shape index (κ3) is 3.69. The highest BCUT2D eigenvalue weighted by atomic mass is 16.5. The van der Waals surface area contributed by atoms with Crippen molar-refractivity contribution in [3.8, 4) is 5.75 Å². The van der Waals surface area contributed by atoms with E-state index in [1.165, 1.54) is 4.90 Å². The van der Waals surface area contributed by atoms with Crippen LogP contribution in [-0.2, 0) is 23.0 Å². The van der Waals surface area contributed by atoms with Crippen molar-refractivity contribution in [2.75, 3.05) is 26.2 Å². The fourth-order valence-electron chi connectivity index (χ4n) is 5.15. The summed E-state index contributed by atoms with van der Waals surface area (Å²) in [7, 11) is 0. The van der Waals surface area contributed by atoms with Gasteiger partial charge in [-0.1, -0.05) is 72.8 Å². The quantitative estimate of drug-likeness (QED) is 0.617. The van der Waals surface area contributed by atoms with Gasteiger partial charge in [-0.2, -0.15) is 0 Å². The number of carbonyl (C=O) groups is 1. The topological polar surface area (TPSA) is 55.6 Å². The minimum Gasteiger partial charge on any atom is -0.493 e. The first-order chi connectivity index (χ1) is 17.2. The summed E-state index contributed by atoms with van der Waals surface area (Å²) in [5.41, 5.74) is 7.70. The van der Waals surface area contributed by atoms with Gasteiger partial charge in [0.15, 0.2) is 0 Å². The third-order valence-electron chi connectivity index (χ3n) is 6.70. The molecule has 4 heteroatoms. The largest absolute Gasteiger partial charge is 0.493 e. The van der Waals surface area contributed by atoms with Gasteiger partial charge in [0.1, 0.15) is 11.2 Å². The van der Waals surface area contributed by atoms with Crippen molar-refractivity contribution in [3.63, 3.8) is 0 Å². The molecule has 0 radical (unpaired) electrons. The maximum absolute atomic E-state index is 13.3. The second kappa shape index (κ2) is 8.79. The molecule has 1 atom stereocenters. The third-order valence-corrected chi connectivity index (χ3v) is 6.70. The molecule has 2 N–H and O–H groups in total. The van der Waals surface area contributed by atoms with Crippen LogP contribution in [0, 0.1) is 5.92 Å². The maximum atomic E-state index is 13.3. The van der Waals surface area contributed by atoms with Crippen LogP contribution in [0.2, 0.25) is 0 Å². The number of primary amides is 1. The van der Waals surface area contributed by atoms with Gasteiger partial charge in [-0.05, 0) is 53.6 Å². The zero-order valence-electron chi connectivity index (χ0n) is 22.0. The van der Waals surface area contributed by atoms with E-state index in [0.717, 1.165) is 22.4 Å². The Morgan fingerprint density at radius 3 is 2.41 bits per heavy atom. The van der Waals surface area contributed by atoms with Crippen LogP contribution < -0.4 is 10.5 Å². The first kappa shape index (κ1) is 16.5. The summed E-state index contributed by atoms with van der Waals surface area (Å²) >= 11 is 0. The summed E-state index contributed by atoms with van der Waals surface area (Å²) in [5.74, 6) is -0.0960. The Bertz CT molecular complexity index is 1210. The molecule has 164 valence electrons. The lowest BCUT2D eigenvalue weighted by Gasteiger charge is -2.37. The number of nitrogens with two attached hydrogens (primary N) is 1. The van der Waals surface area contributed by atoms with Crippen molar-refractivity contribution >= 4 is 5.91 Å². The van der Waals surface area contributed by atoms with Crippen LogP contribution in [0.25, 0.3) is 0 Å². The predicted molar refractivity (Wildman–Crippen MR) is 127 cm³/mol. The lowest BCUT2D eigenvalue weighted by molar-refractivity contribution is -0.123. The van der Waals surface area contributed by atoms with E-state index < -0.39 is 24.2 Å². The van der Waals surface area contributed by atoms with Crippen molar-refractivity contribution in [1.29, 1.82) is 0 Å². The highest BCUT2D eigenvalue weighted by Crippen LogP contribution is 2.43. The molecule has 0 aliphatic carbocycles. The average molecular weight is 431 g/mol. The Kier molecular flexibility index (Phi) is 4.54. The van der Waals surface area contributed by atoms with E-state index in [-0.39, 0.29) is 18.0 Å². The number of hydrogen-bond donors (Lipinski definition) is 1. The summed E-state index contributed by atoms with van der Waals surface area (Å²) in [4.78, 5) is 14.8. The summed E-state index contributed by atoms with van der Waals surface area (Å²) < 4.78 is 41.1. The molecule has 0 unspecified atom stereocenters. The molecule has 1 amide bonds. The fourth-order valence-corrected chi connectivity index (χ4v) is 5.15. The highest BCUT2D eigenvalue weighted by molar-refractivity contribution is 5.91. The fraction of sp³-hybridized carbons (Fsp3) is 0.321. The van der Waals surface area contributed by atoms with Crippen LogP contribution in [-0.4, -0.2) is 37.0 Å². The molecule has 2 heterocycles. The first-order valence-electron chi connectivity index (χ1n) is 13.1. The molecule has 0 spiro atoms. The van der Waals surface area contributed by atoms with E-state index in [2.05, 4.69) is 0 Å². The molecule has 0 aromatic heterocycles. The van der Waals surface area contributed by atoms with Gasteiger partial charge in [0.05, 0.1) is 6.61 Å². The highest BCUT2D eigenvalue weighted by Gasteiger charge is 2.49. The Hall–Kier alpha value is -3.11. The van der Waals surface area contributed by atoms with Gasteiger partial charge in [0.25, 0.3) is 0 Å². The number of amides is 1. The smallest absolute Gasteiger partial charge is 0.232 e. The monoisotopic (exact) mass is 430 g/mol. The average Bonchev–Trinajstić information content (AvgIpc) is 3.56. The predicted octanol–water partition coefficient (Wildman–Crippen LogP) is 3.96. The van der Waals surface area contributed by atoms with E-state index in [1.807, 2.05) is 60.7 Å². The van der Waals surface area contributed by atoms with Crippen LogP contribution in [0.5, 0.6) is 5.75 Å². The maximum Gasteiger partial charge on any atom is 0.232 e. The number of ether oxygens (including phenoxy) is 1. The van der Waals surface area contributed by atoms with Crippen LogP contribution >= 0.6 is 0 Å². The summed E-state index contributed by atoms with van der Waals surface area (Å²) in [6, 6.07) is 23.9. The van der Waals surface area contributed by atoms with Crippen molar-refractivity contribution in [1.82, 2.24) is 4.90 Å². The number of fused-ring (bicyclic) bond motifs is 1. The Balaban J connectivity index is 1.51. The first-order valence-corrected chi connectivity index (χ1v) is 11.1. The van der Waals surface area contributed by atoms with Gasteiger partial charge in [-0.25, -0.2) is 0 Å². The van der Waals surface area contributed by atoms with E-state index in [9.17, 15) is 4.79 Å². The Morgan fingerprint density at radius 2 is 1.75 bits per heavy atom. The van der Waals surface area contributed by atoms with E-state index in [1.54, 1.807) is 18.2 Å². The minimum absolute atomic E-state index is 0.188. The van der Waals surface area contributed by atoms with Crippen LogP contribution in [0.15, 0.2) is 78.9 Å². The summed E-state index contributed by atoms with van der Waals surface area (Å²) in [5, 5.41) is 0. The molecule has 5 rings (SSSR count). The Labute approximate surface area is 195 Å². The zero-order chi connectivity index (χ0) is 25.6. The molecule has 4 nitrogen and oxygen atoms in total. The number of hydrogen-bond acceptors (Lipinski definition) is 3. The van der Waals surface area contributed by atoms with Gasteiger partial charge in [0, 0.05) is 24.9 Å². The van der Waals surface area contributed by atoms with Crippen molar-refractivity contribution in [2.45, 2.75) is 24.6 Å². The molecule has 2 aliphatic heterocycles. The SMILES string of the molecule is [2H]C([2H])(c1ccc2c(c1)CCO2)C([2H])([2H])N1CC[C@@H](C(C(N)=O)(c2ccccc2)c2ccccc2)C1. The number of benzene rings is 3. The van der Waals surface area contributed by atoms with Crippen LogP contribution in [0.1, 0.15) is 34.2 Å². The molecule has 0 saturated carbocycles. The van der Waals surface area contributed by atoms with Gasteiger partial charge < -0.3 is 15.4 Å². The molecule has 3 aromatic carbocycles. The molecule has 32 heavy (non-hydrogen) atoms. The van der Waals surface area contributed by atoms with E-state index in [0.29, 0.717) is 26.0 Å². The molecule has 2 aliphatic rings. The normalized spacial score (nSPS) is 21.1. The number of rotatable bonds is 7. The number of nitrogens with zero attached hydrogens (tertiary/aromatic N) is 1. The molecule has 3 aromatic rings. The lowest BCUT2D eigenvalue weighted by Crippen LogP contribution is -2.49. The van der Waals surface area contributed by atoms with Crippen molar-refractivity contribution in [3.05, 3.63) is 101 Å². The minimum atomic E-state index is -2.31. The molecule has 1 fully saturated rings. The number of aryl methyl sites for hydroxylation is 1. The van der Waals surface area contributed by atoms with Gasteiger partial charge in [-0.15, -0.1) is 0 Å². The molecular weight excluding hydrogens is 396 g/mol. The van der Waals surface area contributed by atoms with Gasteiger partial charge >= 0.3 is 0 Å². The lowest BCUT2D eigenvalue weighted by atomic mass is 9.64.